The molecule has 1 saturated heterocycles. The average molecular weight is 432 g/mol. The summed E-state index contributed by atoms with van der Waals surface area (Å²) in [5.41, 5.74) is 2.03. The first-order valence-corrected chi connectivity index (χ1v) is 10.7. The molecule has 0 saturated carbocycles. The molecule has 152 valence electrons. The van der Waals surface area contributed by atoms with Crippen molar-refractivity contribution >= 4 is 29.3 Å². The fourth-order valence-electron chi connectivity index (χ4n) is 3.06. The number of halogens is 1. The molecule has 1 aliphatic rings. The normalized spacial score (nSPS) is 14.2. The van der Waals surface area contributed by atoms with Crippen LogP contribution in [-0.2, 0) is 24.1 Å². The summed E-state index contributed by atoms with van der Waals surface area (Å²) < 4.78 is 13.5. The fraction of sp³-hybridized carbons (Fsp3) is 0.350. The summed E-state index contributed by atoms with van der Waals surface area (Å²) in [5, 5.41) is 10.3. The van der Waals surface area contributed by atoms with Crippen LogP contribution in [0.4, 0.5) is 5.95 Å². The van der Waals surface area contributed by atoms with Gasteiger partial charge in [0, 0.05) is 54.4 Å². The van der Waals surface area contributed by atoms with Crippen LogP contribution in [0.15, 0.2) is 47.9 Å². The Balaban J connectivity index is 1.44. The highest BCUT2D eigenvalue weighted by molar-refractivity contribution is 7.98. The van der Waals surface area contributed by atoms with Crippen LogP contribution in [-0.4, -0.2) is 46.1 Å². The van der Waals surface area contributed by atoms with E-state index in [4.69, 9.17) is 21.1 Å². The number of hydrogen-bond donors (Lipinski definition) is 0. The molecule has 0 atom stereocenters. The van der Waals surface area contributed by atoms with E-state index < -0.39 is 0 Å². The number of nitrogens with zero attached hydrogens (tertiary/aromatic N) is 5. The predicted molar refractivity (Wildman–Crippen MR) is 114 cm³/mol. The van der Waals surface area contributed by atoms with Gasteiger partial charge in [-0.05, 0) is 24.3 Å². The number of hydrogen-bond acceptors (Lipinski definition) is 7. The lowest BCUT2D eigenvalue weighted by Crippen LogP contribution is -2.37. The van der Waals surface area contributed by atoms with Crippen LogP contribution in [0.25, 0.3) is 0 Å². The molecule has 1 fully saturated rings. The highest BCUT2D eigenvalue weighted by Gasteiger charge is 2.19. The topological polar surface area (TPSA) is 65.3 Å². The standard InChI is InChI=1S/C20H22ClN5O2S/c1-25-19(26-7-9-27-10-8-26)23-24-20(25)29-14-16-11-17(21)4-5-18(16)28-13-15-3-2-6-22-12-15/h2-6,11-12H,7-10,13-14H2,1H3. The Labute approximate surface area is 179 Å². The maximum Gasteiger partial charge on any atom is 0.227 e. The van der Waals surface area contributed by atoms with Gasteiger partial charge in [-0.3, -0.25) is 9.55 Å². The molecule has 0 radical (unpaired) electrons. The zero-order valence-corrected chi connectivity index (χ0v) is 17.7. The zero-order valence-electron chi connectivity index (χ0n) is 16.1. The van der Waals surface area contributed by atoms with E-state index in [-0.39, 0.29) is 0 Å². The van der Waals surface area contributed by atoms with Gasteiger partial charge in [-0.1, -0.05) is 29.4 Å². The highest BCUT2D eigenvalue weighted by Crippen LogP contribution is 2.31. The molecule has 0 unspecified atom stereocenters. The van der Waals surface area contributed by atoms with Gasteiger partial charge >= 0.3 is 0 Å². The van der Waals surface area contributed by atoms with Crippen LogP contribution in [0.2, 0.25) is 5.02 Å². The van der Waals surface area contributed by atoms with E-state index in [0.717, 1.165) is 54.3 Å². The molecule has 3 heterocycles. The lowest BCUT2D eigenvalue weighted by Gasteiger charge is -2.27. The first kappa shape index (κ1) is 20.0. The van der Waals surface area contributed by atoms with Crippen molar-refractivity contribution in [2.24, 2.45) is 7.05 Å². The summed E-state index contributed by atoms with van der Waals surface area (Å²) in [5.74, 6) is 2.36. The monoisotopic (exact) mass is 431 g/mol. The van der Waals surface area contributed by atoms with Crippen LogP contribution in [0.1, 0.15) is 11.1 Å². The molecule has 0 amide bonds. The van der Waals surface area contributed by atoms with Crippen molar-refractivity contribution < 1.29 is 9.47 Å². The Kier molecular flexibility index (Phi) is 6.53. The summed E-state index contributed by atoms with van der Waals surface area (Å²) >= 11 is 7.84. The van der Waals surface area contributed by atoms with Crippen LogP contribution >= 0.6 is 23.4 Å². The van der Waals surface area contributed by atoms with E-state index in [0.29, 0.717) is 17.4 Å². The molecular weight excluding hydrogens is 410 g/mol. The number of anilines is 1. The maximum absolute atomic E-state index is 6.23. The number of thioether (sulfide) groups is 1. The Morgan fingerprint density at radius 3 is 2.86 bits per heavy atom. The Hall–Kier alpha value is -2.29. The van der Waals surface area contributed by atoms with E-state index in [1.807, 2.05) is 41.9 Å². The van der Waals surface area contributed by atoms with Crippen molar-refractivity contribution in [1.82, 2.24) is 19.7 Å². The molecule has 9 heteroatoms. The number of morpholine rings is 1. The number of pyridine rings is 1. The van der Waals surface area contributed by atoms with Crippen molar-refractivity contribution in [1.29, 1.82) is 0 Å². The van der Waals surface area contributed by atoms with Crippen LogP contribution in [0, 0.1) is 0 Å². The summed E-state index contributed by atoms with van der Waals surface area (Å²) in [7, 11) is 1.99. The van der Waals surface area contributed by atoms with Gasteiger partial charge in [0.1, 0.15) is 12.4 Å². The minimum atomic E-state index is 0.457. The lowest BCUT2D eigenvalue weighted by atomic mass is 10.2. The lowest BCUT2D eigenvalue weighted by molar-refractivity contribution is 0.121. The van der Waals surface area contributed by atoms with E-state index in [9.17, 15) is 0 Å². The number of aromatic nitrogens is 4. The molecule has 29 heavy (non-hydrogen) atoms. The molecule has 2 aromatic heterocycles. The first-order valence-electron chi connectivity index (χ1n) is 9.36. The second-order valence-electron chi connectivity index (χ2n) is 6.63. The largest absolute Gasteiger partial charge is 0.489 e. The van der Waals surface area contributed by atoms with Crippen LogP contribution < -0.4 is 9.64 Å². The van der Waals surface area contributed by atoms with Gasteiger partial charge in [-0.15, -0.1) is 10.2 Å². The van der Waals surface area contributed by atoms with E-state index in [1.54, 1.807) is 24.2 Å². The van der Waals surface area contributed by atoms with Crippen molar-refractivity contribution in [3.8, 4) is 5.75 Å². The van der Waals surface area contributed by atoms with E-state index in [2.05, 4.69) is 20.1 Å². The molecule has 0 spiro atoms. The van der Waals surface area contributed by atoms with E-state index in [1.165, 1.54) is 0 Å². The quantitative estimate of drug-likeness (QED) is 0.530. The minimum absolute atomic E-state index is 0.457. The molecular formula is C20H22ClN5O2S. The third-order valence-corrected chi connectivity index (χ3v) is 5.91. The third kappa shape index (κ3) is 5.01. The average Bonchev–Trinajstić information content (AvgIpc) is 3.13. The molecule has 3 aromatic rings. The third-order valence-electron chi connectivity index (χ3n) is 4.60. The number of ether oxygens (including phenoxy) is 2. The van der Waals surface area contributed by atoms with Crippen molar-refractivity contribution in [3.63, 3.8) is 0 Å². The smallest absolute Gasteiger partial charge is 0.227 e. The maximum atomic E-state index is 6.23. The second-order valence-corrected chi connectivity index (χ2v) is 8.01. The van der Waals surface area contributed by atoms with Gasteiger partial charge < -0.3 is 14.4 Å². The molecule has 4 rings (SSSR count). The van der Waals surface area contributed by atoms with Crippen LogP contribution in [0.5, 0.6) is 5.75 Å². The molecule has 0 aliphatic carbocycles. The zero-order chi connectivity index (χ0) is 20.1. The molecule has 0 N–H and O–H groups in total. The summed E-state index contributed by atoms with van der Waals surface area (Å²) in [4.78, 5) is 6.32. The number of rotatable bonds is 7. The van der Waals surface area contributed by atoms with Gasteiger partial charge in [0.05, 0.1) is 13.2 Å². The Morgan fingerprint density at radius 2 is 2.07 bits per heavy atom. The first-order chi connectivity index (χ1) is 14.2. The van der Waals surface area contributed by atoms with Gasteiger partial charge in [0.15, 0.2) is 5.16 Å². The molecule has 7 nitrogen and oxygen atoms in total. The van der Waals surface area contributed by atoms with Gasteiger partial charge in [0.2, 0.25) is 5.95 Å². The Morgan fingerprint density at radius 1 is 1.21 bits per heavy atom. The van der Waals surface area contributed by atoms with Crippen molar-refractivity contribution in [2.75, 3.05) is 31.2 Å². The summed E-state index contributed by atoms with van der Waals surface area (Å²) in [6.45, 7) is 3.55. The van der Waals surface area contributed by atoms with E-state index >= 15 is 0 Å². The fourth-order valence-corrected chi connectivity index (χ4v) is 4.14. The molecule has 1 aliphatic heterocycles. The summed E-state index contributed by atoms with van der Waals surface area (Å²) in [6, 6.07) is 9.57. The Bertz CT molecular complexity index is 947. The minimum Gasteiger partial charge on any atom is -0.489 e. The van der Waals surface area contributed by atoms with Crippen LogP contribution in [0.3, 0.4) is 0 Å². The second kappa shape index (κ2) is 9.47. The predicted octanol–water partition coefficient (Wildman–Crippen LogP) is 3.57. The highest BCUT2D eigenvalue weighted by atomic mass is 35.5. The molecule has 0 bridgehead atoms. The van der Waals surface area contributed by atoms with Gasteiger partial charge in [-0.2, -0.15) is 0 Å². The number of benzene rings is 1. The van der Waals surface area contributed by atoms with Crippen molar-refractivity contribution in [2.45, 2.75) is 17.5 Å². The summed E-state index contributed by atoms with van der Waals surface area (Å²) in [6.07, 6.45) is 3.55. The molecule has 1 aromatic carbocycles. The SMILES string of the molecule is Cn1c(SCc2cc(Cl)ccc2OCc2cccnc2)nnc1N1CCOCC1. The van der Waals surface area contributed by atoms with Crippen molar-refractivity contribution in [3.05, 3.63) is 58.9 Å². The van der Waals surface area contributed by atoms with Gasteiger partial charge in [0.25, 0.3) is 0 Å². The van der Waals surface area contributed by atoms with Gasteiger partial charge in [-0.25, -0.2) is 0 Å².